The number of amides is 2. The van der Waals surface area contributed by atoms with E-state index in [0.29, 0.717) is 11.4 Å². The summed E-state index contributed by atoms with van der Waals surface area (Å²) in [7, 11) is -2.53. The van der Waals surface area contributed by atoms with E-state index in [0.717, 1.165) is 46.7 Å². The van der Waals surface area contributed by atoms with Gasteiger partial charge in [-0.05, 0) is 86.7 Å². The summed E-state index contributed by atoms with van der Waals surface area (Å²) in [6.07, 6.45) is 3.96. The highest BCUT2D eigenvalue weighted by atomic mass is 32.2. The number of hydrogen-bond acceptors (Lipinski definition) is 5. The predicted octanol–water partition coefficient (Wildman–Crippen LogP) is 4.98. The number of anilines is 1. The third-order valence-corrected chi connectivity index (χ3v) is 9.25. The van der Waals surface area contributed by atoms with Gasteiger partial charge in [-0.15, -0.1) is 0 Å². The van der Waals surface area contributed by atoms with Gasteiger partial charge in [0.25, 0.3) is 10.0 Å². The summed E-state index contributed by atoms with van der Waals surface area (Å²) in [6.45, 7) is 5.11. The average molecular weight is 578 g/mol. The predicted molar refractivity (Wildman–Crippen MR) is 160 cm³/mol. The van der Waals surface area contributed by atoms with Crippen molar-refractivity contribution in [2.24, 2.45) is 0 Å². The first kappa shape index (κ1) is 30.1. The lowest BCUT2D eigenvalue weighted by atomic mass is 10.1. The van der Waals surface area contributed by atoms with Crippen LogP contribution in [0.1, 0.15) is 49.3 Å². The van der Waals surface area contributed by atoms with Gasteiger partial charge in [0.2, 0.25) is 11.8 Å². The van der Waals surface area contributed by atoms with Gasteiger partial charge in [-0.25, -0.2) is 8.42 Å². The summed E-state index contributed by atoms with van der Waals surface area (Å²) in [5.41, 5.74) is 2.91. The summed E-state index contributed by atoms with van der Waals surface area (Å²) in [4.78, 5) is 29.0. The van der Waals surface area contributed by atoms with Gasteiger partial charge in [0.05, 0.1) is 17.7 Å². The molecule has 0 aliphatic heterocycles. The van der Waals surface area contributed by atoms with E-state index in [-0.39, 0.29) is 23.4 Å². The second-order valence-corrected chi connectivity index (χ2v) is 12.6. The quantitative estimate of drug-likeness (QED) is 0.347. The molecule has 1 fully saturated rings. The van der Waals surface area contributed by atoms with Gasteiger partial charge in [-0.3, -0.25) is 13.9 Å². The Morgan fingerprint density at radius 1 is 0.951 bits per heavy atom. The van der Waals surface area contributed by atoms with Gasteiger partial charge >= 0.3 is 0 Å². The minimum absolute atomic E-state index is 0.0818. The number of carbonyl (C=O) groups is 2. The number of benzene rings is 3. The van der Waals surface area contributed by atoms with Crippen LogP contribution in [0.2, 0.25) is 0 Å². The molecule has 41 heavy (non-hydrogen) atoms. The molecule has 0 aromatic heterocycles. The van der Waals surface area contributed by atoms with Crippen LogP contribution in [0.4, 0.5) is 5.69 Å². The van der Waals surface area contributed by atoms with Crippen molar-refractivity contribution in [2.45, 2.75) is 70.0 Å². The van der Waals surface area contributed by atoms with Crippen molar-refractivity contribution in [1.29, 1.82) is 0 Å². The normalized spacial score (nSPS) is 14.3. The maximum atomic E-state index is 14.1. The number of aryl methyl sites for hydroxylation is 2. The van der Waals surface area contributed by atoms with Crippen LogP contribution in [0.15, 0.2) is 77.7 Å². The van der Waals surface area contributed by atoms with Gasteiger partial charge in [0.15, 0.2) is 0 Å². The maximum absolute atomic E-state index is 14.1. The van der Waals surface area contributed by atoms with E-state index in [1.165, 1.54) is 17.0 Å². The van der Waals surface area contributed by atoms with E-state index in [2.05, 4.69) is 5.32 Å². The van der Waals surface area contributed by atoms with Crippen LogP contribution in [0.25, 0.3) is 0 Å². The minimum atomic E-state index is -4.10. The Hall–Kier alpha value is -3.85. The van der Waals surface area contributed by atoms with Crippen molar-refractivity contribution in [3.05, 3.63) is 89.5 Å². The Bertz CT molecular complexity index is 1450. The van der Waals surface area contributed by atoms with Crippen LogP contribution >= 0.6 is 0 Å². The van der Waals surface area contributed by atoms with Crippen molar-refractivity contribution in [1.82, 2.24) is 10.2 Å². The molecular formula is C32H39N3O5S. The van der Waals surface area contributed by atoms with Crippen molar-refractivity contribution < 1.29 is 22.7 Å². The van der Waals surface area contributed by atoms with Gasteiger partial charge in [-0.2, -0.15) is 0 Å². The molecule has 1 aliphatic carbocycles. The first-order valence-corrected chi connectivity index (χ1v) is 15.4. The third kappa shape index (κ3) is 7.47. The number of hydrogen-bond donors (Lipinski definition) is 1. The fourth-order valence-electron chi connectivity index (χ4n) is 5.29. The summed E-state index contributed by atoms with van der Waals surface area (Å²) in [5, 5.41) is 3.09. The molecule has 218 valence electrons. The fraction of sp³-hybridized carbons (Fsp3) is 0.375. The van der Waals surface area contributed by atoms with Crippen LogP contribution in [0, 0.1) is 13.8 Å². The molecule has 0 spiro atoms. The first-order chi connectivity index (χ1) is 19.6. The summed E-state index contributed by atoms with van der Waals surface area (Å²) in [6, 6.07) is 20.1. The second kappa shape index (κ2) is 13.2. The first-order valence-electron chi connectivity index (χ1n) is 14.0. The minimum Gasteiger partial charge on any atom is -0.497 e. The topological polar surface area (TPSA) is 96.0 Å². The molecular weight excluding hydrogens is 538 g/mol. The van der Waals surface area contributed by atoms with E-state index < -0.39 is 28.5 Å². The van der Waals surface area contributed by atoms with Crippen LogP contribution in [-0.2, 0) is 26.2 Å². The molecule has 1 saturated carbocycles. The molecule has 1 atom stereocenters. The van der Waals surface area contributed by atoms with Crippen LogP contribution in [0.5, 0.6) is 5.75 Å². The molecule has 0 heterocycles. The van der Waals surface area contributed by atoms with Crippen LogP contribution in [-0.4, -0.2) is 50.9 Å². The molecule has 8 nitrogen and oxygen atoms in total. The van der Waals surface area contributed by atoms with Gasteiger partial charge in [0.1, 0.15) is 18.3 Å². The lowest BCUT2D eigenvalue weighted by Crippen LogP contribution is -2.52. The number of ether oxygens (including phenoxy) is 1. The van der Waals surface area contributed by atoms with Crippen molar-refractivity contribution >= 4 is 27.5 Å². The van der Waals surface area contributed by atoms with Gasteiger partial charge in [-0.1, -0.05) is 49.2 Å². The monoisotopic (exact) mass is 577 g/mol. The second-order valence-electron chi connectivity index (χ2n) is 10.7. The largest absolute Gasteiger partial charge is 0.497 e. The van der Waals surface area contributed by atoms with Crippen molar-refractivity contribution in [3.63, 3.8) is 0 Å². The number of methoxy groups -OCH3 is 1. The Morgan fingerprint density at radius 3 is 2.24 bits per heavy atom. The molecule has 2 amide bonds. The Morgan fingerprint density at radius 2 is 1.61 bits per heavy atom. The zero-order valence-corrected chi connectivity index (χ0v) is 25.0. The average Bonchev–Trinajstić information content (AvgIpc) is 3.47. The van der Waals surface area contributed by atoms with E-state index in [9.17, 15) is 18.0 Å². The smallest absolute Gasteiger partial charge is 0.264 e. The highest BCUT2D eigenvalue weighted by Gasteiger charge is 2.33. The van der Waals surface area contributed by atoms with Crippen molar-refractivity contribution in [3.8, 4) is 5.75 Å². The molecule has 0 radical (unpaired) electrons. The number of sulfonamides is 1. The summed E-state index contributed by atoms with van der Waals surface area (Å²) < 4.78 is 34.4. The molecule has 0 bridgehead atoms. The summed E-state index contributed by atoms with van der Waals surface area (Å²) >= 11 is 0. The lowest BCUT2D eigenvalue weighted by molar-refractivity contribution is -0.139. The SMILES string of the molecule is COc1cccc(CN(C(=O)CN(c2cc(C)cc(C)c2)S(=O)(=O)c2ccccc2)[C@@H](C)C(=O)NC2CCCC2)c1. The molecule has 0 unspecified atom stereocenters. The third-order valence-electron chi connectivity index (χ3n) is 7.46. The molecule has 3 aromatic carbocycles. The fourth-order valence-corrected chi connectivity index (χ4v) is 6.70. The summed E-state index contributed by atoms with van der Waals surface area (Å²) in [5.74, 6) is -0.112. The zero-order valence-electron chi connectivity index (χ0n) is 24.2. The van der Waals surface area contributed by atoms with E-state index in [1.54, 1.807) is 50.4 Å². The highest BCUT2D eigenvalue weighted by molar-refractivity contribution is 7.92. The Labute approximate surface area is 243 Å². The number of nitrogens with one attached hydrogen (secondary N) is 1. The maximum Gasteiger partial charge on any atom is 0.264 e. The number of rotatable bonds is 11. The number of carbonyl (C=O) groups excluding carboxylic acids is 2. The van der Waals surface area contributed by atoms with Gasteiger partial charge < -0.3 is 15.0 Å². The molecule has 0 saturated heterocycles. The van der Waals surface area contributed by atoms with Crippen LogP contribution in [0.3, 0.4) is 0 Å². The molecule has 3 aromatic rings. The zero-order chi connectivity index (χ0) is 29.6. The standard InChI is InChI=1S/C32H39N3O5S/c1-23-17-24(2)19-28(18-23)35(41(38,39)30-15-6-5-7-16-30)22-31(36)34(21-26-11-10-14-29(20-26)40-4)25(3)32(37)33-27-12-8-9-13-27/h5-7,10-11,14-20,25,27H,8-9,12-13,21-22H2,1-4H3,(H,33,37)/t25-/m0/s1. The lowest BCUT2D eigenvalue weighted by Gasteiger charge is -2.32. The Kier molecular flexibility index (Phi) is 9.70. The van der Waals surface area contributed by atoms with Gasteiger partial charge in [0, 0.05) is 12.6 Å². The number of nitrogens with zero attached hydrogens (tertiary/aromatic N) is 2. The molecule has 1 aliphatic rings. The Balaban J connectivity index is 1.71. The van der Waals surface area contributed by atoms with Crippen LogP contribution < -0.4 is 14.4 Å². The van der Waals surface area contributed by atoms with E-state index >= 15 is 0 Å². The van der Waals surface area contributed by atoms with Crippen molar-refractivity contribution in [2.75, 3.05) is 18.0 Å². The van der Waals surface area contributed by atoms with E-state index in [1.807, 2.05) is 38.1 Å². The molecule has 9 heteroatoms. The highest BCUT2D eigenvalue weighted by Crippen LogP contribution is 2.27. The van der Waals surface area contributed by atoms with E-state index in [4.69, 9.17) is 4.74 Å². The molecule has 4 rings (SSSR count). The molecule has 1 N–H and O–H groups in total.